The number of anilines is 1. The van der Waals surface area contributed by atoms with Crippen LogP contribution in [0.2, 0.25) is 0 Å². The van der Waals surface area contributed by atoms with Crippen molar-refractivity contribution < 1.29 is 14.3 Å². The van der Waals surface area contributed by atoms with Gasteiger partial charge in [0, 0.05) is 38.7 Å². The molecular formula is C15H21N3O3. The average Bonchev–Trinajstić information content (AvgIpc) is 2.91. The van der Waals surface area contributed by atoms with Crippen molar-refractivity contribution in [3.05, 3.63) is 29.8 Å². The number of nitrogens with one attached hydrogen (secondary N) is 3. The maximum absolute atomic E-state index is 12.0. The zero-order valence-corrected chi connectivity index (χ0v) is 12.1. The lowest BCUT2D eigenvalue weighted by Crippen LogP contribution is -2.40. The number of para-hydroxylation sites is 1. The fraction of sp³-hybridized carbons (Fsp3) is 0.467. The summed E-state index contributed by atoms with van der Waals surface area (Å²) < 4.78 is 4.84. The van der Waals surface area contributed by atoms with Crippen LogP contribution in [0.5, 0.6) is 0 Å². The van der Waals surface area contributed by atoms with Crippen LogP contribution in [0.25, 0.3) is 0 Å². The van der Waals surface area contributed by atoms with Crippen molar-refractivity contribution in [1.29, 1.82) is 0 Å². The zero-order valence-electron chi connectivity index (χ0n) is 12.1. The molecule has 1 aromatic rings. The number of ether oxygens (including phenoxy) is 1. The smallest absolute Gasteiger partial charge is 0.242 e. The Hall–Kier alpha value is -2.08. The number of amides is 2. The van der Waals surface area contributed by atoms with Crippen molar-refractivity contribution >= 4 is 17.5 Å². The molecule has 3 N–H and O–H groups in total. The lowest BCUT2D eigenvalue weighted by molar-refractivity contribution is -0.122. The normalized spacial score (nSPS) is 16.0. The molecule has 0 bridgehead atoms. The van der Waals surface area contributed by atoms with Crippen molar-refractivity contribution in [1.82, 2.24) is 10.6 Å². The number of methoxy groups -OCH3 is 1. The topological polar surface area (TPSA) is 79.5 Å². The first kappa shape index (κ1) is 15.3. The second kappa shape index (κ2) is 7.64. The van der Waals surface area contributed by atoms with Gasteiger partial charge in [-0.15, -0.1) is 0 Å². The van der Waals surface area contributed by atoms with E-state index in [1.54, 1.807) is 7.11 Å². The van der Waals surface area contributed by atoms with E-state index in [1.165, 1.54) is 0 Å². The molecule has 0 radical (unpaired) electrons. The first-order valence-corrected chi connectivity index (χ1v) is 7.08. The molecule has 2 rings (SSSR count). The van der Waals surface area contributed by atoms with Crippen molar-refractivity contribution in [3.8, 4) is 0 Å². The fourth-order valence-electron chi connectivity index (χ4n) is 2.26. The molecular weight excluding hydrogens is 270 g/mol. The monoisotopic (exact) mass is 291 g/mol. The van der Waals surface area contributed by atoms with E-state index in [4.69, 9.17) is 4.74 Å². The molecule has 0 aromatic heterocycles. The largest absolute Gasteiger partial charge is 0.383 e. The average molecular weight is 291 g/mol. The molecule has 114 valence electrons. The first-order chi connectivity index (χ1) is 10.2. The van der Waals surface area contributed by atoms with Gasteiger partial charge in [-0.2, -0.15) is 0 Å². The Labute approximate surface area is 124 Å². The SMILES string of the molecule is COCCNC(=O)CCNC(=O)[C@@H]1Cc2ccccc2N1. The van der Waals surface area contributed by atoms with E-state index in [2.05, 4.69) is 16.0 Å². The predicted octanol–water partition coefficient (Wildman–Crippen LogP) is 0.292. The minimum absolute atomic E-state index is 0.0732. The van der Waals surface area contributed by atoms with Crippen molar-refractivity contribution in [2.45, 2.75) is 18.9 Å². The predicted molar refractivity (Wildman–Crippen MR) is 80.1 cm³/mol. The van der Waals surface area contributed by atoms with Gasteiger partial charge in [0.2, 0.25) is 11.8 Å². The molecule has 1 heterocycles. The Balaban J connectivity index is 1.66. The molecule has 1 atom stereocenters. The van der Waals surface area contributed by atoms with Gasteiger partial charge in [0.15, 0.2) is 0 Å². The summed E-state index contributed by atoms with van der Waals surface area (Å²) in [7, 11) is 1.58. The lowest BCUT2D eigenvalue weighted by atomic mass is 10.1. The van der Waals surface area contributed by atoms with Crippen LogP contribution in [0.1, 0.15) is 12.0 Å². The number of fused-ring (bicyclic) bond motifs is 1. The molecule has 0 saturated carbocycles. The van der Waals surface area contributed by atoms with Crippen LogP contribution < -0.4 is 16.0 Å². The van der Waals surface area contributed by atoms with Gasteiger partial charge in [-0.1, -0.05) is 18.2 Å². The molecule has 1 aromatic carbocycles. The van der Waals surface area contributed by atoms with Gasteiger partial charge in [-0.25, -0.2) is 0 Å². The number of rotatable bonds is 7. The lowest BCUT2D eigenvalue weighted by Gasteiger charge is -2.12. The van der Waals surface area contributed by atoms with Crippen molar-refractivity contribution in [2.75, 3.05) is 32.1 Å². The molecule has 1 aliphatic rings. The van der Waals surface area contributed by atoms with E-state index < -0.39 is 0 Å². The Morgan fingerprint density at radius 3 is 2.86 bits per heavy atom. The Morgan fingerprint density at radius 1 is 1.29 bits per heavy atom. The molecule has 21 heavy (non-hydrogen) atoms. The Bertz CT molecular complexity index is 480. The Morgan fingerprint density at radius 2 is 2.10 bits per heavy atom. The summed E-state index contributed by atoms with van der Waals surface area (Å²) in [5.41, 5.74) is 2.16. The first-order valence-electron chi connectivity index (χ1n) is 7.08. The summed E-state index contributed by atoms with van der Waals surface area (Å²) in [5.74, 6) is -0.161. The molecule has 1 aliphatic heterocycles. The number of carbonyl (C=O) groups is 2. The highest BCUT2D eigenvalue weighted by Crippen LogP contribution is 2.24. The molecule has 0 aliphatic carbocycles. The summed E-state index contributed by atoms with van der Waals surface area (Å²) in [4.78, 5) is 23.5. The van der Waals surface area contributed by atoms with Gasteiger partial charge in [-0.3, -0.25) is 9.59 Å². The third kappa shape index (κ3) is 4.46. The van der Waals surface area contributed by atoms with Gasteiger partial charge in [0.25, 0.3) is 0 Å². The van der Waals surface area contributed by atoms with Crippen molar-refractivity contribution in [3.63, 3.8) is 0 Å². The van der Waals surface area contributed by atoms with Crippen LogP contribution >= 0.6 is 0 Å². The Kier molecular flexibility index (Phi) is 5.57. The van der Waals surface area contributed by atoms with Crippen LogP contribution in [0.3, 0.4) is 0 Å². The quantitative estimate of drug-likeness (QED) is 0.631. The molecule has 0 saturated heterocycles. The number of hydrogen-bond donors (Lipinski definition) is 3. The summed E-state index contributed by atoms with van der Waals surface area (Å²) in [6.45, 7) is 1.32. The van der Waals surface area contributed by atoms with E-state index in [1.807, 2.05) is 24.3 Å². The minimum Gasteiger partial charge on any atom is -0.383 e. The summed E-state index contributed by atoms with van der Waals surface area (Å²) in [5, 5.41) is 8.68. The van der Waals surface area contributed by atoms with Crippen LogP contribution in [-0.4, -0.2) is 44.7 Å². The molecule has 6 heteroatoms. The third-order valence-electron chi connectivity index (χ3n) is 3.37. The molecule has 2 amide bonds. The second-order valence-corrected chi connectivity index (χ2v) is 4.94. The molecule has 0 unspecified atom stereocenters. The van der Waals surface area contributed by atoms with Crippen LogP contribution in [0.15, 0.2) is 24.3 Å². The van der Waals surface area contributed by atoms with Crippen molar-refractivity contribution in [2.24, 2.45) is 0 Å². The van der Waals surface area contributed by atoms with Gasteiger partial charge >= 0.3 is 0 Å². The fourth-order valence-corrected chi connectivity index (χ4v) is 2.26. The van der Waals surface area contributed by atoms with Gasteiger partial charge in [0.05, 0.1) is 6.61 Å². The van der Waals surface area contributed by atoms with Crippen LogP contribution in [0.4, 0.5) is 5.69 Å². The van der Waals surface area contributed by atoms with Gasteiger partial charge in [-0.05, 0) is 11.6 Å². The van der Waals surface area contributed by atoms with Gasteiger partial charge < -0.3 is 20.7 Å². The maximum Gasteiger partial charge on any atom is 0.242 e. The number of carbonyl (C=O) groups excluding carboxylic acids is 2. The highest BCUT2D eigenvalue weighted by Gasteiger charge is 2.25. The summed E-state index contributed by atoms with van der Waals surface area (Å²) >= 11 is 0. The highest BCUT2D eigenvalue weighted by molar-refractivity contribution is 5.87. The molecule has 0 spiro atoms. The van der Waals surface area contributed by atoms with E-state index in [9.17, 15) is 9.59 Å². The number of hydrogen-bond acceptors (Lipinski definition) is 4. The maximum atomic E-state index is 12.0. The second-order valence-electron chi connectivity index (χ2n) is 4.94. The van der Waals surface area contributed by atoms with Crippen LogP contribution in [0, 0.1) is 0 Å². The highest BCUT2D eigenvalue weighted by atomic mass is 16.5. The van der Waals surface area contributed by atoms with Crippen LogP contribution in [-0.2, 0) is 20.7 Å². The summed E-state index contributed by atoms with van der Waals surface area (Å²) in [6, 6.07) is 7.63. The van der Waals surface area contributed by atoms with E-state index in [-0.39, 0.29) is 24.3 Å². The number of benzene rings is 1. The van der Waals surface area contributed by atoms with E-state index in [0.29, 0.717) is 26.1 Å². The standard InChI is InChI=1S/C15H21N3O3/c1-21-9-8-16-14(19)6-7-17-15(20)13-10-11-4-2-3-5-12(11)18-13/h2-5,13,18H,6-10H2,1H3,(H,16,19)(H,17,20)/t13-/m0/s1. The minimum atomic E-state index is -0.251. The molecule has 0 fully saturated rings. The summed E-state index contributed by atoms with van der Waals surface area (Å²) in [6.07, 6.45) is 0.956. The van der Waals surface area contributed by atoms with E-state index >= 15 is 0 Å². The van der Waals surface area contributed by atoms with Gasteiger partial charge in [0.1, 0.15) is 6.04 Å². The third-order valence-corrected chi connectivity index (χ3v) is 3.37. The van der Waals surface area contributed by atoms with E-state index in [0.717, 1.165) is 11.3 Å². The zero-order chi connectivity index (χ0) is 15.1. The molecule has 6 nitrogen and oxygen atoms in total.